The lowest BCUT2D eigenvalue weighted by Crippen LogP contribution is -2.46. The highest BCUT2D eigenvalue weighted by molar-refractivity contribution is 5.94. The molecular weight excluding hydrogens is 250 g/mol. The van der Waals surface area contributed by atoms with E-state index in [1.165, 1.54) is 19.3 Å². The highest BCUT2D eigenvalue weighted by Crippen LogP contribution is 2.63. The summed E-state index contributed by atoms with van der Waals surface area (Å²) in [4.78, 5) is 11.4. The predicted molar refractivity (Wildman–Crippen MR) is 80.0 cm³/mol. The summed E-state index contributed by atoms with van der Waals surface area (Å²) < 4.78 is 0. The van der Waals surface area contributed by atoms with Gasteiger partial charge in [-0.3, -0.25) is 0 Å². The Hall–Kier alpha value is -1.51. The molecule has 1 aromatic rings. The lowest BCUT2D eigenvalue weighted by Gasteiger charge is -2.43. The number of fused-ring (bicyclic) bond motifs is 2. The van der Waals surface area contributed by atoms with Gasteiger partial charge in [0.25, 0.3) is 0 Å². The van der Waals surface area contributed by atoms with Gasteiger partial charge < -0.3 is 10.4 Å². The molecule has 0 aromatic heterocycles. The number of hydrogen-bond acceptors (Lipinski definition) is 2. The standard InChI is InChI=1S/C17H23NO2/c1-16(2)11-8-9-17(3,10-11)15(16)18-13-7-5-4-6-12(13)14(19)20/h4-7,11,15,18H,8-10H2,1-3H3,(H,19,20). The van der Waals surface area contributed by atoms with Gasteiger partial charge in [0.05, 0.1) is 5.56 Å². The molecule has 0 heterocycles. The van der Waals surface area contributed by atoms with Crippen LogP contribution in [0.5, 0.6) is 0 Å². The Labute approximate surface area is 120 Å². The quantitative estimate of drug-likeness (QED) is 0.874. The van der Waals surface area contributed by atoms with Crippen molar-refractivity contribution in [3.8, 4) is 0 Å². The van der Waals surface area contributed by atoms with E-state index in [0.29, 0.717) is 17.0 Å². The number of carbonyl (C=O) groups is 1. The molecule has 3 atom stereocenters. The number of aromatic carboxylic acids is 1. The first-order chi connectivity index (χ1) is 9.34. The first kappa shape index (κ1) is 13.5. The topological polar surface area (TPSA) is 49.3 Å². The van der Waals surface area contributed by atoms with Gasteiger partial charge in [-0.05, 0) is 48.1 Å². The van der Waals surface area contributed by atoms with Gasteiger partial charge in [0, 0.05) is 11.7 Å². The Bertz CT molecular complexity index is 547. The fourth-order valence-electron chi connectivity index (χ4n) is 4.61. The van der Waals surface area contributed by atoms with Crippen molar-refractivity contribution < 1.29 is 9.90 Å². The largest absolute Gasteiger partial charge is 0.478 e. The van der Waals surface area contributed by atoms with Crippen LogP contribution in [0.4, 0.5) is 5.69 Å². The second-order valence-corrected chi connectivity index (χ2v) is 7.34. The van der Waals surface area contributed by atoms with E-state index in [0.717, 1.165) is 11.6 Å². The number of benzene rings is 1. The molecule has 2 fully saturated rings. The molecule has 1 aromatic carbocycles. The number of hydrogen-bond donors (Lipinski definition) is 2. The van der Waals surface area contributed by atoms with E-state index in [2.05, 4.69) is 26.1 Å². The van der Waals surface area contributed by atoms with Crippen LogP contribution in [0.15, 0.2) is 24.3 Å². The van der Waals surface area contributed by atoms with E-state index in [9.17, 15) is 9.90 Å². The number of anilines is 1. The molecule has 0 spiro atoms. The van der Waals surface area contributed by atoms with Crippen molar-refractivity contribution in [2.45, 2.75) is 46.1 Å². The molecule has 0 radical (unpaired) electrons. The molecule has 2 aliphatic rings. The number of rotatable bonds is 3. The maximum Gasteiger partial charge on any atom is 0.337 e. The molecule has 3 heteroatoms. The first-order valence-corrected chi connectivity index (χ1v) is 7.43. The van der Waals surface area contributed by atoms with Crippen molar-refractivity contribution in [1.29, 1.82) is 0 Å². The maximum absolute atomic E-state index is 11.4. The molecule has 2 aliphatic carbocycles. The van der Waals surface area contributed by atoms with Crippen LogP contribution >= 0.6 is 0 Å². The minimum Gasteiger partial charge on any atom is -0.478 e. The molecular formula is C17H23NO2. The van der Waals surface area contributed by atoms with Gasteiger partial charge in [0.2, 0.25) is 0 Å². The molecule has 3 unspecified atom stereocenters. The van der Waals surface area contributed by atoms with Crippen molar-refractivity contribution in [2.75, 3.05) is 5.32 Å². The normalized spacial score (nSPS) is 34.1. The SMILES string of the molecule is CC12CCC(C1)C(C)(C)C2Nc1ccccc1C(=O)O. The van der Waals surface area contributed by atoms with Gasteiger partial charge in [-0.15, -0.1) is 0 Å². The Morgan fingerprint density at radius 2 is 2.00 bits per heavy atom. The monoisotopic (exact) mass is 273 g/mol. The summed E-state index contributed by atoms with van der Waals surface area (Å²) >= 11 is 0. The third-order valence-corrected chi connectivity index (χ3v) is 5.73. The van der Waals surface area contributed by atoms with E-state index in [4.69, 9.17) is 0 Å². The molecule has 3 rings (SSSR count). The number of para-hydroxylation sites is 1. The zero-order chi connectivity index (χ0) is 14.5. The molecule has 0 amide bonds. The van der Waals surface area contributed by atoms with E-state index in [-0.39, 0.29) is 5.41 Å². The molecule has 108 valence electrons. The van der Waals surface area contributed by atoms with Crippen LogP contribution in [0.1, 0.15) is 50.4 Å². The fourth-order valence-corrected chi connectivity index (χ4v) is 4.61. The number of carboxylic acids is 1. The van der Waals surface area contributed by atoms with E-state index in [1.807, 2.05) is 12.1 Å². The third kappa shape index (κ3) is 1.83. The van der Waals surface area contributed by atoms with Crippen molar-refractivity contribution in [3.63, 3.8) is 0 Å². The summed E-state index contributed by atoms with van der Waals surface area (Å²) in [6.07, 6.45) is 3.81. The number of nitrogens with one attached hydrogen (secondary N) is 1. The first-order valence-electron chi connectivity index (χ1n) is 7.43. The van der Waals surface area contributed by atoms with Crippen LogP contribution in [-0.4, -0.2) is 17.1 Å². The van der Waals surface area contributed by atoms with Gasteiger partial charge >= 0.3 is 5.97 Å². The zero-order valence-corrected chi connectivity index (χ0v) is 12.4. The average molecular weight is 273 g/mol. The van der Waals surface area contributed by atoms with Crippen molar-refractivity contribution >= 4 is 11.7 Å². The Kier molecular flexibility index (Phi) is 2.86. The van der Waals surface area contributed by atoms with E-state index < -0.39 is 5.97 Å². The van der Waals surface area contributed by atoms with Crippen LogP contribution in [0.25, 0.3) is 0 Å². The molecule has 20 heavy (non-hydrogen) atoms. The molecule has 0 aliphatic heterocycles. The molecule has 2 N–H and O–H groups in total. The molecule has 0 saturated heterocycles. The summed E-state index contributed by atoms with van der Waals surface area (Å²) in [5, 5.41) is 12.9. The summed E-state index contributed by atoms with van der Waals surface area (Å²) in [6.45, 7) is 7.00. The van der Waals surface area contributed by atoms with Crippen molar-refractivity contribution in [3.05, 3.63) is 29.8 Å². The Morgan fingerprint density at radius 3 is 2.60 bits per heavy atom. The fraction of sp³-hybridized carbons (Fsp3) is 0.588. The smallest absolute Gasteiger partial charge is 0.337 e. The Morgan fingerprint density at radius 1 is 1.30 bits per heavy atom. The summed E-state index contributed by atoms with van der Waals surface area (Å²) in [6, 6.07) is 7.58. The third-order valence-electron chi connectivity index (χ3n) is 5.73. The summed E-state index contributed by atoms with van der Waals surface area (Å²) in [5.74, 6) is -0.110. The summed E-state index contributed by atoms with van der Waals surface area (Å²) in [5.41, 5.74) is 1.64. The van der Waals surface area contributed by atoms with Crippen LogP contribution in [0, 0.1) is 16.7 Å². The number of carboxylic acid groups (broad SMARTS) is 1. The van der Waals surface area contributed by atoms with Crippen LogP contribution < -0.4 is 5.32 Å². The van der Waals surface area contributed by atoms with Gasteiger partial charge in [-0.25, -0.2) is 4.79 Å². The lowest BCUT2D eigenvalue weighted by molar-refractivity contribution is 0.0697. The minimum atomic E-state index is -0.862. The van der Waals surface area contributed by atoms with Crippen LogP contribution in [-0.2, 0) is 0 Å². The predicted octanol–water partition coefficient (Wildman–Crippen LogP) is 4.01. The minimum absolute atomic E-state index is 0.221. The van der Waals surface area contributed by atoms with Gasteiger partial charge in [-0.1, -0.05) is 32.9 Å². The van der Waals surface area contributed by atoms with Crippen molar-refractivity contribution in [2.24, 2.45) is 16.7 Å². The Balaban J connectivity index is 1.94. The van der Waals surface area contributed by atoms with Crippen molar-refractivity contribution in [1.82, 2.24) is 0 Å². The zero-order valence-electron chi connectivity index (χ0n) is 12.4. The lowest BCUT2D eigenvalue weighted by atomic mass is 9.68. The second-order valence-electron chi connectivity index (χ2n) is 7.34. The highest BCUT2D eigenvalue weighted by atomic mass is 16.4. The van der Waals surface area contributed by atoms with Crippen LogP contribution in [0.2, 0.25) is 0 Å². The highest BCUT2D eigenvalue weighted by Gasteiger charge is 2.59. The van der Waals surface area contributed by atoms with Gasteiger partial charge in [-0.2, -0.15) is 0 Å². The second kappa shape index (κ2) is 4.24. The van der Waals surface area contributed by atoms with E-state index in [1.54, 1.807) is 12.1 Å². The van der Waals surface area contributed by atoms with E-state index >= 15 is 0 Å². The molecule has 3 nitrogen and oxygen atoms in total. The summed E-state index contributed by atoms with van der Waals surface area (Å²) in [7, 11) is 0. The van der Waals surface area contributed by atoms with Crippen LogP contribution in [0.3, 0.4) is 0 Å². The van der Waals surface area contributed by atoms with Gasteiger partial charge in [0.1, 0.15) is 0 Å². The van der Waals surface area contributed by atoms with Gasteiger partial charge in [0.15, 0.2) is 0 Å². The molecule has 2 bridgehead atoms. The average Bonchev–Trinajstić information content (AvgIpc) is 2.86. The molecule has 2 saturated carbocycles. The maximum atomic E-state index is 11.4.